The largest absolute Gasteiger partial charge is 0.306 e. The average molecular weight is 263 g/mol. The second-order valence-corrected chi connectivity index (χ2v) is 6.34. The van der Waals surface area contributed by atoms with Gasteiger partial charge in [-0.3, -0.25) is 0 Å². The highest BCUT2D eigenvalue weighted by Gasteiger charge is 2.41. The van der Waals surface area contributed by atoms with Crippen LogP contribution in [0.25, 0.3) is 11.1 Å². The van der Waals surface area contributed by atoms with Gasteiger partial charge in [0.25, 0.3) is 0 Å². The van der Waals surface area contributed by atoms with Crippen molar-refractivity contribution in [3.63, 3.8) is 0 Å². The third-order valence-electron chi connectivity index (χ3n) is 5.22. The van der Waals surface area contributed by atoms with Crippen LogP contribution in [-0.2, 0) is 0 Å². The Morgan fingerprint density at radius 1 is 0.950 bits per heavy atom. The van der Waals surface area contributed by atoms with Crippen LogP contribution in [0.1, 0.15) is 43.4 Å². The number of rotatable bonds is 4. The highest BCUT2D eigenvalue weighted by molar-refractivity contribution is 5.78. The summed E-state index contributed by atoms with van der Waals surface area (Å²) in [5.41, 5.74) is 6.29. The van der Waals surface area contributed by atoms with Gasteiger partial charge in [0, 0.05) is 6.54 Å². The summed E-state index contributed by atoms with van der Waals surface area (Å²) in [7, 11) is 0. The van der Waals surface area contributed by atoms with Crippen molar-refractivity contribution in [2.24, 2.45) is 5.41 Å². The van der Waals surface area contributed by atoms with Crippen LogP contribution in [0.4, 0.5) is 0 Å². The molecule has 0 aromatic heterocycles. The molecule has 1 saturated carbocycles. The Morgan fingerprint density at radius 2 is 1.50 bits per heavy atom. The zero-order valence-electron chi connectivity index (χ0n) is 12.0. The minimum Gasteiger partial charge on any atom is -0.306 e. The van der Waals surface area contributed by atoms with E-state index in [0.29, 0.717) is 11.5 Å². The van der Waals surface area contributed by atoms with E-state index in [2.05, 4.69) is 60.8 Å². The van der Waals surface area contributed by atoms with E-state index in [0.717, 1.165) is 6.54 Å². The maximum Gasteiger partial charge on any atom is 0.0589 e. The van der Waals surface area contributed by atoms with Gasteiger partial charge >= 0.3 is 0 Å². The summed E-state index contributed by atoms with van der Waals surface area (Å²) >= 11 is 0. The predicted molar refractivity (Wildman–Crippen MR) is 83.7 cm³/mol. The number of benzene rings is 2. The fourth-order valence-corrected chi connectivity index (χ4v) is 3.53. The fourth-order valence-electron chi connectivity index (χ4n) is 3.53. The summed E-state index contributed by atoms with van der Waals surface area (Å²) in [5, 5.41) is 3.85. The normalized spacial score (nSPS) is 18.6. The lowest BCUT2D eigenvalue weighted by molar-refractivity contribution is 0.426. The van der Waals surface area contributed by atoms with Gasteiger partial charge in [0.2, 0.25) is 0 Å². The first kappa shape index (κ1) is 12.2. The summed E-state index contributed by atoms with van der Waals surface area (Å²) in [5.74, 6) is 0. The molecule has 0 unspecified atom stereocenters. The van der Waals surface area contributed by atoms with Crippen LogP contribution in [0, 0.1) is 5.41 Å². The molecule has 0 radical (unpaired) electrons. The van der Waals surface area contributed by atoms with Gasteiger partial charge in [0.15, 0.2) is 0 Å². The Labute approximate surface area is 121 Å². The lowest BCUT2D eigenvalue weighted by Gasteiger charge is -2.20. The van der Waals surface area contributed by atoms with Crippen LogP contribution in [0.15, 0.2) is 48.5 Å². The average Bonchev–Trinajstić information content (AvgIpc) is 3.22. The Hall–Kier alpha value is -1.60. The second-order valence-electron chi connectivity index (χ2n) is 6.34. The van der Waals surface area contributed by atoms with E-state index in [-0.39, 0.29) is 0 Å². The fraction of sp³-hybridized carbons (Fsp3) is 0.368. The van der Waals surface area contributed by atoms with Gasteiger partial charge in [-0.05, 0) is 46.9 Å². The van der Waals surface area contributed by atoms with E-state index >= 15 is 0 Å². The molecule has 20 heavy (non-hydrogen) atoms. The molecule has 4 rings (SSSR count). The lowest BCUT2D eigenvalue weighted by atomic mass is 10.0. The summed E-state index contributed by atoms with van der Waals surface area (Å²) in [6.07, 6.45) is 4.09. The molecule has 1 fully saturated rings. The molecule has 0 atom stereocenters. The molecule has 102 valence electrons. The van der Waals surface area contributed by atoms with E-state index < -0.39 is 0 Å². The Balaban J connectivity index is 1.68. The van der Waals surface area contributed by atoms with Crippen LogP contribution in [0.3, 0.4) is 0 Å². The molecule has 2 aliphatic carbocycles. The molecule has 0 bridgehead atoms. The van der Waals surface area contributed by atoms with E-state index in [9.17, 15) is 0 Å². The molecule has 0 spiro atoms. The zero-order valence-corrected chi connectivity index (χ0v) is 12.0. The van der Waals surface area contributed by atoms with Crippen LogP contribution < -0.4 is 5.32 Å². The Kier molecular flexibility index (Phi) is 2.71. The summed E-state index contributed by atoms with van der Waals surface area (Å²) in [6, 6.07) is 18.0. The molecule has 0 aliphatic heterocycles. The molecule has 1 N–H and O–H groups in total. The molecular weight excluding hydrogens is 242 g/mol. The van der Waals surface area contributed by atoms with Gasteiger partial charge in [-0.2, -0.15) is 0 Å². The van der Waals surface area contributed by atoms with Crippen LogP contribution in [-0.4, -0.2) is 6.54 Å². The van der Waals surface area contributed by atoms with E-state index in [1.54, 1.807) is 0 Å². The van der Waals surface area contributed by atoms with Crippen molar-refractivity contribution in [2.45, 2.75) is 32.2 Å². The first-order chi connectivity index (χ1) is 9.83. The molecule has 0 amide bonds. The van der Waals surface area contributed by atoms with Crippen molar-refractivity contribution >= 4 is 0 Å². The zero-order chi connectivity index (χ0) is 13.6. The number of fused-ring (bicyclic) bond motifs is 3. The van der Waals surface area contributed by atoms with Crippen molar-refractivity contribution < 1.29 is 0 Å². The molecule has 1 heteroatoms. The lowest BCUT2D eigenvalue weighted by Crippen LogP contribution is -2.27. The molecule has 1 nitrogen and oxygen atoms in total. The highest BCUT2D eigenvalue weighted by Crippen LogP contribution is 2.49. The summed E-state index contributed by atoms with van der Waals surface area (Å²) < 4.78 is 0. The van der Waals surface area contributed by atoms with Crippen molar-refractivity contribution in [1.29, 1.82) is 0 Å². The van der Waals surface area contributed by atoms with Crippen molar-refractivity contribution in [3.8, 4) is 11.1 Å². The predicted octanol–water partition coefficient (Wildman–Crippen LogP) is 4.54. The van der Waals surface area contributed by atoms with E-state index in [1.807, 2.05) is 0 Å². The second kappa shape index (κ2) is 4.46. The first-order valence-corrected chi connectivity index (χ1v) is 7.75. The summed E-state index contributed by atoms with van der Waals surface area (Å²) in [6.45, 7) is 3.47. The maximum atomic E-state index is 3.85. The minimum atomic E-state index is 0.381. The molecule has 2 aromatic rings. The Bertz CT molecular complexity index is 594. The number of hydrogen-bond acceptors (Lipinski definition) is 1. The van der Waals surface area contributed by atoms with Crippen molar-refractivity contribution in [2.75, 3.05) is 6.54 Å². The van der Waals surface area contributed by atoms with Gasteiger partial charge in [0.1, 0.15) is 0 Å². The monoisotopic (exact) mass is 263 g/mol. The smallest absolute Gasteiger partial charge is 0.0589 e. The quantitative estimate of drug-likeness (QED) is 0.854. The van der Waals surface area contributed by atoms with Crippen LogP contribution in [0.5, 0.6) is 0 Å². The number of nitrogens with one attached hydrogen (secondary N) is 1. The maximum absolute atomic E-state index is 3.85. The van der Waals surface area contributed by atoms with Gasteiger partial charge < -0.3 is 5.32 Å². The van der Waals surface area contributed by atoms with Gasteiger partial charge in [-0.15, -0.1) is 0 Å². The molecule has 2 aliphatic rings. The highest BCUT2D eigenvalue weighted by atomic mass is 14.9. The van der Waals surface area contributed by atoms with E-state index in [1.165, 1.54) is 41.5 Å². The first-order valence-electron chi connectivity index (χ1n) is 7.75. The SMILES string of the molecule is CCC1(CNC2c3ccccc3-c3ccccc32)CC1. The molecule has 0 saturated heterocycles. The molecule has 2 aromatic carbocycles. The Morgan fingerprint density at radius 3 is 2.00 bits per heavy atom. The minimum absolute atomic E-state index is 0.381. The van der Waals surface area contributed by atoms with Gasteiger partial charge in [-0.25, -0.2) is 0 Å². The topological polar surface area (TPSA) is 12.0 Å². The van der Waals surface area contributed by atoms with Gasteiger partial charge in [0.05, 0.1) is 6.04 Å². The third kappa shape index (κ3) is 1.81. The summed E-state index contributed by atoms with van der Waals surface area (Å²) in [4.78, 5) is 0. The number of hydrogen-bond donors (Lipinski definition) is 1. The van der Waals surface area contributed by atoms with Crippen molar-refractivity contribution in [1.82, 2.24) is 5.32 Å². The third-order valence-corrected chi connectivity index (χ3v) is 5.22. The molecular formula is C19H21N. The van der Waals surface area contributed by atoms with E-state index in [4.69, 9.17) is 0 Å². The van der Waals surface area contributed by atoms with Crippen LogP contribution >= 0.6 is 0 Å². The standard InChI is InChI=1S/C19H21N/c1-2-19(11-12-19)13-20-18-16-9-5-3-7-14(16)15-8-4-6-10-17(15)18/h3-10,18,20H,2,11-13H2,1H3. The molecule has 0 heterocycles. The van der Waals surface area contributed by atoms with Crippen molar-refractivity contribution in [3.05, 3.63) is 59.7 Å². The van der Waals surface area contributed by atoms with Crippen LogP contribution in [0.2, 0.25) is 0 Å². The van der Waals surface area contributed by atoms with Gasteiger partial charge in [-0.1, -0.05) is 55.5 Å².